The van der Waals surface area contributed by atoms with E-state index in [4.69, 9.17) is 31.0 Å². The molecule has 9 N–H and O–H groups in total. The summed E-state index contributed by atoms with van der Waals surface area (Å²) in [6.07, 6.45) is 1.31. The monoisotopic (exact) mass is 1050 g/mol. The van der Waals surface area contributed by atoms with Gasteiger partial charge in [0.15, 0.2) is 0 Å². The Kier molecular flexibility index (Phi) is 18.1. The molecule has 4 heterocycles. The first-order valence-electron chi connectivity index (χ1n) is 25.6. The molecule has 22 nitrogen and oxygen atoms in total. The van der Waals surface area contributed by atoms with Gasteiger partial charge in [0.25, 0.3) is 11.8 Å². The third kappa shape index (κ3) is 13.9. The molecule has 22 heteroatoms. The van der Waals surface area contributed by atoms with Crippen molar-refractivity contribution < 1.29 is 38.6 Å². The number of aliphatic hydroxyl groups excluding tert-OH is 1. The van der Waals surface area contributed by atoms with Crippen molar-refractivity contribution in [2.24, 2.45) is 11.5 Å². The number of imidazole rings is 2. The van der Waals surface area contributed by atoms with Crippen LogP contribution >= 0.6 is 0 Å². The lowest BCUT2D eigenvalue weighted by atomic mass is 10.0. The van der Waals surface area contributed by atoms with Crippen molar-refractivity contribution in [3.63, 3.8) is 0 Å². The van der Waals surface area contributed by atoms with E-state index >= 15 is 0 Å². The van der Waals surface area contributed by atoms with Crippen LogP contribution < -0.4 is 32.7 Å². The minimum atomic E-state index is -1.22. The summed E-state index contributed by atoms with van der Waals surface area (Å²) < 4.78 is 17.7. The lowest BCUT2D eigenvalue weighted by molar-refractivity contribution is 0.0994. The number of rotatable bonds is 25. The highest BCUT2D eigenvalue weighted by atomic mass is 16.6. The summed E-state index contributed by atoms with van der Waals surface area (Å²) in [5.41, 5.74) is 19.1. The average molecular weight is 1050 g/mol. The first-order valence-corrected chi connectivity index (χ1v) is 25.6. The van der Waals surface area contributed by atoms with Crippen molar-refractivity contribution in [3.05, 3.63) is 154 Å². The molecule has 402 valence electrons. The molecule has 4 aromatic heterocycles. The number of primary amides is 1. The van der Waals surface area contributed by atoms with Gasteiger partial charge in [0.2, 0.25) is 17.8 Å². The van der Waals surface area contributed by atoms with Gasteiger partial charge in [-0.05, 0) is 106 Å². The number of nitrogens with zero attached hydrogens (tertiary/aromatic N) is 8. The Labute approximate surface area is 444 Å². The van der Waals surface area contributed by atoms with E-state index in [0.717, 1.165) is 28.8 Å². The highest BCUT2D eigenvalue weighted by molar-refractivity contribution is 6.05. The average Bonchev–Trinajstić information content (AvgIpc) is 4.19. The molecule has 0 bridgehead atoms. The Hall–Kier alpha value is -8.89. The highest BCUT2D eigenvalue weighted by Gasteiger charge is 2.25. The number of nitrogens with two attached hydrogens (primary N) is 2. The molecule has 4 aromatic carbocycles. The van der Waals surface area contributed by atoms with E-state index in [2.05, 4.69) is 31.3 Å². The van der Waals surface area contributed by atoms with Crippen LogP contribution in [0.15, 0.2) is 103 Å². The van der Waals surface area contributed by atoms with Crippen molar-refractivity contribution in [1.82, 2.24) is 49.3 Å². The van der Waals surface area contributed by atoms with E-state index in [-0.39, 0.29) is 43.1 Å². The topological polar surface area (TPSA) is 295 Å². The molecule has 0 saturated heterocycles. The Morgan fingerprint density at radius 3 is 1.79 bits per heavy atom. The van der Waals surface area contributed by atoms with Gasteiger partial charge in [-0.25, -0.2) is 19.6 Å². The molecule has 0 aliphatic rings. The van der Waals surface area contributed by atoms with Crippen LogP contribution in [0.2, 0.25) is 0 Å². The number of amides is 5. The fourth-order valence-electron chi connectivity index (χ4n) is 9.03. The zero-order valence-corrected chi connectivity index (χ0v) is 43.3. The predicted octanol–water partition coefficient (Wildman–Crippen LogP) is 7.01. The van der Waals surface area contributed by atoms with Crippen LogP contribution in [0.4, 0.5) is 21.5 Å². The molecule has 0 saturated carbocycles. The zero-order valence-electron chi connectivity index (χ0n) is 43.3. The molecule has 1 unspecified atom stereocenters. The number of aliphatic hydroxyl groups is 1. The van der Waals surface area contributed by atoms with Gasteiger partial charge in [-0.15, -0.1) is 0 Å². The van der Waals surface area contributed by atoms with E-state index in [1.54, 1.807) is 51.8 Å². The van der Waals surface area contributed by atoms with Gasteiger partial charge in [-0.2, -0.15) is 10.2 Å². The smallest absolute Gasteiger partial charge is 0.407 e. The van der Waals surface area contributed by atoms with Gasteiger partial charge in [0.05, 0.1) is 33.5 Å². The summed E-state index contributed by atoms with van der Waals surface area (Å²) in [7, 11) is 0. The van der Waals surface area contributed by atoms with Gasteiger partial charge < -0.3 is 45.8 Å². The maximum Gasteiger partial charge on any atom is 0.407 e. The van der Waals surface area contributed by atoms with Crippen LogP contribution in [-0.2, 0) is 55.3 Å². The van der Waals surface area contributed by atoms with Crippen LogP contribution in [0.5, 0.6) is 0 Å². The Morgan fingerprint density at radius 1 is 0.649 bits per heavy atom. The number of anilines is 2. The standard InChI is InChI=1S/C55H64N14O8/c1-4-68-47(51(73)63-53-61-43-32-40(49(57)71)22-24-45(43)67(53)28-15-26-59-55(75)77-34-38-18-10-6-11-19-38)41(36(3)65-68)20-12-7-13-29-69-46(30-35(2)64-69)50(72)62-52-60-42-31-39(48(56)70)21-23-44(42)66(52)27-14-25-58-54(74)76-33-37-16-8-5-9-17-37/h5-6,8-11,16-19,21-24,30-32,49,71H,4,7,12-15,20,25-29,33-34,57H2,1-3H3,(H2,56,70)(H,58,74)(H,59,75)(H,60,62,72)(H,61,63,73). The maximum absolute atomic E-state index is 14.4. The molecule has 8 rings (SSSR count). The number of aryl methyl sites for hydroxylation is 6. The molecule has 0 aliphatic heterocycles. The molecule has 0 radical (unpaired) electrons. The lowest BCUT2D eigenvalue weighted by Gasteiger charge is -2.13. The van der Waals surface area contributed by atoms with Gasteiger partial charge in [0, 0.05) is 50.4 Å². The summed E-state index contributed by atoms with van der Waals surface area (Å²) in [6.45, 7) is 8.10. The number of alkyl carbamates (subject to hydrolysis) is 2. The number of carbonyl (C=O) groups excluding carboxylic acids is 5. The highest BCUT2D eigenvalue weighted by Crippen LogP contribution is 2.27. The number of carbonyl (C=O) groups is 5. The van der Waals surface area contributed by atoms with Gasteiger partial charge in [-0.1, -0.05) is 73.2 Å². The predicted molar refractivity (Wildman–Crippen MR) is 289 cm³/mol. The number of ether oxygens (including phenoxy) is 2. The van der Waals surface area contributed by atoms with Crippen LogP contribution in [0.1, 0.15) is 110 Å². The van der Waals surface area contributed by atoms with E-state index in [0.29, 0.717) is 110 Å². The van der Waals surface area contributed by atoms with Crippen molar-refractivity contribution in [2.75, 3.05) is 23.7 Å². The quantitative estimate of drug-likeness (QED) is 0.0224. The number of fused-ring (bicyclic) bond motifs is 2. The first kappa shape index (κ1) is 54.4. The second-order valence-corrected chi connectivity index (χ2v) is 18.5. The van der Waals surface area contributed by atoms with Crippen LogP contribution in [0, 0.1) is 13.8 Å². The number of nitrogens with one attached hydrogen (secondary N) is 4. The van der Waals surface area contributed by atoms with E-state index < -0.39 is 30.2 Å². The summed E-state index contributed by atoms with van der Waals surface area (Å²) in [5, 5.41) is 31.0. The number of aromatic nitrogens is 8. The van der Waals surface area contributed by atoms with Crippen molar-refractivity contribution >= 4 is 63.9 Å². The number of hydrogen-bond donors (Lipinski definition) is 7. The summed E-state index contributed by atoms with van der Waals surface area (Å²) in [6, 6.07) is 30.5. The van der Waals surface area contributed by atoms with Crippen LogP contribution in [0.3, 0.4) is 0 Å². The van der Waals surface area contributed by atoms with E-state index in [1.165, 1.54) is 0 Å². The summed E-state index contributed by atoms with van der Waals surface area (Å²) in [5.74, 6) is -0.903. The Morgan fingerprint density at radius 2 is 1.22 bits per heavy atom. The van der Waals surface area contributed by atoms with Gasteiger partial charge >= 0.3 is 12.2 Å². The van der Waals surface area contributed by atoms with Crippen molar-refractivity contribution in [2.45, 2.75) is 105 Å². The molecule has 0 fully saturated rings. The summed E-state index contributed by atoms with van der Waals surface area (Å²) >= 11 is 0. The fraction of sp³-hybridized carbons (Fsp3) is 0.327. The largest absolute Gasteiger partial charge is 0.445 e. The maximum atomic E-state index is 14.4. The second kappa shape index (κ2) is 25.6. The van der Waals surface area contributed by atoms with Crippen LogP contribution in [-0.4, -0.2) is 86.8 Å². The molecule has 5 amide bonds. The fourth-order valence-corrected chi connectivity index (χ4v) is 9.03. The van der Waals surface area contributed by atoms with Crippen molar-refractivity contribution in [1.29, 1.82) is 0 Å². The normalized spacial score (nSPS) is 11.6. The number of unbranched alkanes of at least 4 members (excludes halogenated alkanes) is 2. The number of benzene rings is 4. The molecule has 8 aromatic rings. The van der Waals surface area contributed by atoms with Gasteiger partial charge in [0.1, 0.15) is 30.8 Å². The van der Waals surface area contributed by atoms with Crippen LogP contribution in [0.25, 0.3) is 22.1 Å². The van der Waals surface area contributed by atoms with E-state index in [1.807, 2.05) is 90.6 Å². The Bertz CT molecular complexity index is 3360. The molecular weight excluding hydrogens is 985 g/mol. The zero-order chi connectivity index (χ0) is 54.4. The minimum Gasteiger partial charge on any atom is -0.445 e. The minimum absolute atomic E-state index is 0.139. The molecule has 77 heavy (non-hydrogen) atoms. The Balaban J connectivity index is 0.884. The van der Waals surface area contributed by atoms with Gasteiger partial charge in [-0.3, -0.25) is 34.4 Å². The molecular formula is C55H64N14O8. The lowest BCUT2D eigenvalue weighted by Crippen LogP contribution is -2.26. The third-order valence-corrected chi connectivity index (χ3v) is 12.9. The molecule has 0 spiro atoms. The number of hydrogen-bond acceptors (Lipinski definition) is 13. The summed E-state index contributed by atoms with van der Waals surface area (Å²) in [4.78, 5) is 74.8. The molecule has 1 atom stereocenters. The van der Waals surface area contributed by atoms with E-state index in [9.17, 15) is 29.1 Å². The SMILES string of the molecule is CCn1nc(C)c(CCCCCn2nc(C)cc2C(=O)Nc2nc3cc(C(N)=O)ccc3n2CCCNC(=O)OCc2ccccc2)c1C(=O)Nc1nc2cc(C(N)O)ccc2n1CCCNC(=O)OCc1ccccc1. The molecule has 0 aliphatic carbocycles. The first-order chi connectivity index (χ1) is 37.3. The van der Waals surface area contributed by atoms with Crippen molar-refractivity contribution in [3.8, 4) is 0 Å². The second-order valence-electron chi connectivity index (χ2n) is 18.5. The third-order valence-electron chi connectivity index (χ3n) is 12.9.